The van der Waals surface area contributed by atoms with Gasteiger partial charge in [0.25, 0.3) is 0 Å². The van der Waals surface area contributed by atoms with Gasteiger partial charge in [0.1, 0.15) is 0 Å². The van der Waals surface area contributed by atoms with Gasteiger partial charge in [0.15, 0.2) is 0 Å². The van der Waals surface area contributed by atoms with E-state index < -0.39 is 0 Å². The van der Waals surface area contributed by atoms with Gasteiger partial charge in [0, 0.05) is 0 Å². The maximum Gasteiger partial charge on any atom is 0.312 e. The SMILES string of the molecule is CB(O)/C=C/C=C/I. The summed E-state index contributed by atoms with van der Waals surface area (Å²) < 4.78 is 1.89. The molecule has 44 valence electrons. The highest BCUT2D eigenvalue weighted by atomic mass is 127. The Kier molecular flexibility index (Phi) is 5.53. The summed E-state index contributed by atoms with van der Waals surface area (Å²) >= 11 is 2.12. The molecule has 0 aliphatic heterocycles. The van der Waals surface area contributed by atoms with Gasteiger partial charge in [0.05, 0.1) is 0 Å². The zero-order valence-corrected chi connectivity index (χ0v) is 6.87. The zero-order chi connectivity index (χ0) is 6.41. The normalized spacial score (nSPS) is 11.4. The van der Waals surface area contributed by atoms with E-state index in [0.29, 0.717) is 0 Å². The molecule has 0 atom stereocenters. The van der Waals surface area contributed by atoms with E-state index in [0.717, 1.165) is 0 Å². The first kappa shape index (κ1) is 8.23. The van der Waals surface area contributed by atoms with E-state index in [-0.39, 0.29) is 6.92 Å². The minimum atomic E-state index is -0.331. The van der Waals surface area contributed by atoms with Gasteiger partial charge in [-0.15, -0.1) is 0 Å². The Hall–Kier alpha value is 0.235. The lowest BCUT2D eigenvalue weighted by Gasteiger charge is -1.81. The molecule has 0 radical (unpaired) electrons. The third-order valence-electron chi connectivity index (χ3n) is 0.573. The maximum atomic E-state index is 8.66. The summed E-state index contributed by atoms with van der Waals surface area (Å²) in [6.07, 6.45) is 3.68. The third kappa shape index (κ3) is 6.23. The number of rotatable bonds is 2. The van der Waals surface area contributed by atoms with E-state index >= 15 is 0 Å². The van der Waals surface area contributed by atoms with Crippen LogP contribution in [0.3, 0.4) is 0 Å². The molecule has 0 aromatic carbocycles. The Balaban J connectivity index is 3.34. The smallest absolute Gasteiger partial charge is 0.312 e. The first-order valence-electron chi connectivity index (χ1n) is 2.39. The average molecular weight is 222 g/mol. The molecule has 0 aliphatic carbocycles. The minimum Gasteiger partial charge on any atom is -0.447 e. The molecule has 0 saturated carbocycles. The fraction of sp³-hybridized carbons (Fsp3) is 0.200. The van der Waals surface area contributed by atoms with Gasteiger partial charge in [-0.3, -0.25) is 0 Å². The molecule has 0 amide bonds. The predicted octanol–water partition coefficient (Wildman–Crippen LogP) is 1.64. The van der Waals surface area contributed by atoms with Gasteiger partial charge in [-0.05, 0) is 4.08 Å². The van der Waals surface area contributed by atoms with Gasteiger partial charge >= 0.3 is 6.92 Å². The van der Waals surface area contributed by atoms with Crippen molar-refractivity contribution in [1.29, 1.82) is 0 Å². The number of hydrogen-bond acceptors (Lipinski definition) is 1. The second-order valence-electron chi connectivity index (χ2n) is 1.44. The first-order chi connectivity index (χ1) is 3.77. The molecular weight excluding hydrogens is 214 g/mol. The van der Waals surface area contributed by atoms with E-state index in [1.165, 1.54) is 0 Å². The third-order valence-corrected chi connectivity index (χ3v) is 0.989. The van der Waals surface area contributed by atoms with Crippen LogP contribution in [0.2, 0.25) is 6.82 Å². The predicted molar refractivity (Wildman–Crippen MR) is 46.1 cm³/mol. The van der Waals surface area contributed by atoms with Crippen LogP contribution in [-0.4, -0.2) is 11.9 Å². The van der Waals surface area contributed by atoms with Crippen molar-refractivity contribution in [3.05, 3.63) is 22.2 Å². The zero-order valence-electron chi connectivity index (χ0n) is 4.71. The van der Waals surface area contributed by atoms with Gasteiger partial charge in [0.2, 0.25) is 0 Å². The lowest BCUT2D eigenvalue weighted by atomic mass is 9.72. The van der Waals surface area contributed by atoms with Gasteiger partial charge < -0.3 is 5.02 Å². The fourth-order valence-corrected chi connectivity index (χ4v) is 0.507. The van der Waals surface area contributed by atoms with Crippen LogP contribution in [0.4, 0.5) is 0 Å². The highest BCUT2D eigenvalue weighted by Crippen LogP contribution is 1.85. The van der Waals surface area contributed by atoms with Crippen molar-refractivity contribution in [3.8, 4) is 0 Å². The molecule has 0 spiro atoms. The monoisotopic (exact) mass is 222 g/mol. The van der Waals surface area contributed by atoms with E-state index in [4.69, 9.17) is 5.02 Å². The molecule has 0 heterocycles. The molecule has 3 heteroatoms. The molecule has 1 nitrogen and oxygen atoms in total. The summed E-state index contributed by atoms with van der Waals surface area (Å²) in [5.41, 5.74) is 0. The second-order valence-corrected chi connectivity index (χ2v) is 2.16. The van der Waals surface area contributed by atoms with Crippen LogP contribution in [0.25, 0.3) is 0 Å². The quantitative estimate of drug-likeness (QED) is 0.427. The van der Waals surface area contributed by atoms with Crippen LogP contribution >= 0.6 is 22.6 Å². The van der Waals surface area contributed by atoms with Crippen LogP contribution in [0.5, 0.6) is 0 Å². The van der Waals surface area contributed by atoms with Crippen molar-refractivity contribution in [1.82, 2.24) is 0 Å². The van der Waals surface area contributed by atoms with E-state index in [2.05, 4.69) is 22.6 Å². The van der Waals surface area contributed by atoms with Crippen LogP contribution in [0.1, 0.15) is 0 Å². The van der Waals surface area contributed by atoms with Gasteiger partial charge in [-0.2, -0.15) is 0 Å². The fourth-order valence-electron chi connectivity index (χ4n) is 0.267. The largest absolute Gasteiger partial charge is 0.447 e. The molecule has 0 aromatic heterocycles. The molecule has 0 aliphatic rings. The summed E-state index contributed by atoms with van der Waals surface area (Å²) in [6.45, 7) is 1.39. The minimum absolute atomic E-state index is 0.331. The van der Waals surface area contributed by atoms with Crippen molar-refractivity contribution < 1.29 is 5.02 Å². The average Bonchev–Trinajstić information content (AvgIpc) is 1.66. The molecule has 0 rings (SSSR count). The molecule has 8 heavy (non-hydrogen) atoms. The molecule has 0 unspecified atom stereocenters. The molecule has 0 aromatic rings. The van der Waals surface area contributed by atoms with Crippen molar-refractivity contribution in [2.75, 3.05) is 0 Å². The van der Waals surface area contributed by atoms with Gasteiger partial charge in [-0.1, -0.05) is 47.5 Å². The molecule has 0 saturated heterocycles. The van der Waals surface area contributed by atoms with E-state index in [1.54, 1.807) is 12.8 Å². The van der Waals surface area contributed by atoms with Crippen LogP contribution in [0, 0.1) is 0 Å². The van der Waals surface area contributed by atoms with E-state index in [9.17, 15) is 0 Å². The Morgan fingerprint density at radius 3 is 2.50 bits per heavy atom. The molecular formula is C5H8BIO. The Bertz CT molecular complexity index is 98.6. The number of hydrogen-bond donors (Lipinski definition) is 1. The summed E-state index contributed by atoms with van der Waals surface area (Å²) in [4.78, 5) is 0. The second kappa shape index (κ2) is 5.37. The Morgan fingerprint density at radius 2 is 2.12 bits per heavy atom. The van der Waals surface area contributed by atoms with Crippen molar-refractivity contribution in [2.24, 2.45) is 0 Å². The lowest BCUT2D eigenvalue weighted by Crippen LogP contribution is -1.98. The van der Waals surface area contributed by atoms with E-state index in [1.807, 2.05) is 16.2 Å². The Morgan fingerprint density at radius 1 is 1.50 bits per heavy atom. The number of allylic oxidation sites excluding steroid dienone is 2. The highest BCUT2D eigenvalue weighted by molar-refractivity contribution is 14.1. The topological polar surface area (TPSA) is 20.2 Å². The summed E-state index contributed by atoms with van der Waals surface area (Å²) in [5, 5.41) is 8.66. The summed E-state index contributed by atoms with van der Waals surface area (Å²) in [5.74, 6) is 1.72. The Labute approximate surface area is 63.7 Å². The van der Waals surface area contributed by atoms with Crippen LogP contribution < -0.4 is 0 Å². The van der Waals surface area contributed by atoms with Crippen LogP contribution in [-0.2, 0) is 0 Å². The van der Waals surface area contributed by atoms with Gasteiger partial charge in [-0.25, -0.2) is 0 Å². The number of halogens is 1. The lowest BCUT2D eigenvalue weighted by molar-refractivity contribution is 0.593. The van der Waals surface area contributed by atoms with Crippen LogP contribution in [0.15, 0.2) is 22.2 Å². The highest BCUT2D eigenvalue weighted by Gasteiger charge is 1.89. The van der Waals surface area contributed by atoms with Crippen molar-refractivity contribution >= 4 is 29.5 Å². The first-order valence-corrected chi connectivity index (χ1v) is 3.63. The maximum absolute atomic E-state index is 8.66. The van der Waals surface area contributed by atoms with Crippen molar-refractivity contribution in [2.45, 2.75) is 6.82 Å². The van der Waals surface area contributed by atoms with Crippen molar-refractivity contribution in [3.63, 3.8) is 0 Å². The molecule has 0 bridgehead atoms. The molecule has 1 N–H and O–H groups in total. The standard InChI is InChI=1S/C5H8BIO/c1-6(8)4-2-3-5-7/h2-5,8H,1H3/b4-2+,5-3+. The molecule has 0 fully saturated rings. The summed E-state index contributed by atoms with van der Waals surface area (Å²) in [7, 11) is 0. The summed E-state index contributed by atoms with van der Waals surface area (Å²) in [6, 6.07) is 0.